The Bertz CT molecular complexity index is 457. The highest BCUT2D eigenvalue weighted by molar-refractivity contribution is 6.89. The summed E-state index contributed by atoms with van der Waals surface area (Å²) in [7, 11) is -1.38. The molecule has 1 aliphatic heterocycles. The van der Waals surface area contributed by atoms with Gasteiger partial charge >= 0.3 is 0 Å². The van der Waals surface area contributed by atoms with E-state index in [0.717, 1.165) is 17.4 Å². The monoisotopic (exact) mass is 280 g/mol. The van der Waals surface area contributed by atoms with Gasteiger partial charge in [0.2, 0.25) is 0 Å². The fourth-order valence-electron chi connectivity index (χ4n) is 2.41. The van der Waals surface area contributed by atoms with Crippen LogP contribution in [0.2, 0.25) is 24.2 Å². The first-order valence-electron chi connectivity index (χ1n) is 6.44. The van der Waals surface area contributed by atoms with Crippen LogP contribution >= 0.6 is 11.6 Å². The van der Waals surface area contributed by atoms with Crippen molar-refractivity contribution < 1.29 is 0 Å². The molecule has 2 nitrogen and oxygen atoms in total. The van der Waals surface area contributed by atoms with Crippen molar-refractivity contribution in [2.24, 2.45) is 11.7 Å². The summed E-state index contributed by atoms with van der Waals surface area (Å²) in [5.74, 6) is 1.43. The number of halogens is 1. The molecule has 0 saturated carbocycles. The second-order valence-electron chi connectivity index (χ2n) is 5.70. The summed E-state index contributed by atoms with van der Waals surface area (Å²) in [6.45, 7) is 5.81. The minimum atomic E-state index is -1.38. The molecule has 18 heavy (non-hydrogen) atoms. The van der Waals surface area contributed by atoms with Crippen LogP contribution < -0.4 is 16.2 Å². The van der Waals surface area contributed by atoms with Crippen LogP contribution in [0.1, 0.15) is 6.42 Å². The van der Waals surface area contributed by atoms with E-state index in [1.807, 2.05) is 6.07 Å². The molecule has 0 bridgehead atoms. The summed E-state index contributed by atoms with van der Waals surface area (Å²) in [5.41, 5.74) is 5.74. The topological polar surface area (TPSA) is 38.0 Å². The fraction of sp³-hybridized carbons (Fsp3) is 0.429. The van der Waals surface area contributed by atoms with Crippen LogP contribution in [0.3, 0.4) is 0 Å². The lowest BCUT2D eigenvalue weighted by Crippen LogP contribution is -2.41. The van der Waals surface area contributed by atoms with Crippen LogP contribution in [0.5, 0.6) is 0 Å². The SMILES string of the molecule is C[Si](C)(CC[C@H]1C=C(N)NC1)c1cccc(Cl)c1. The lowest BCUT2D eigenvalue weighted by Gasteiger charge is -2.24. The van der Waals surface area contributed by atoms with Crippen molar-refractivity contribution in [3.8, 4) is 0 Å². The van der Waals surface area contributed by atoms with Crippen molar-refractivity contribution in [3.05, 3.63) is 41.2 Å². The van der Waals surface area contributed by atoms with E-state index in [1.165, 1.54) is 17.7 Å². The molecule has 0 fully saturated rings. The van der Waals surface area contributed by atoms with Gasteiger partial charge in [-0.3, -0.25) is 0 Å². The van der Waals surface area contributed by atoms with Crippen LogP contribution in [0, 0.1) is 5.92 Å². The van der Waals surface area contributed by atoms with Crippen molar-refractivity contribution in [1.82, 2.24) is 5.32 Å². The molecule has 0 amide bonds. The van der Waals surface area contributed by atoms with E-state index in [2.05, 4.69) is 42.7 Å². The Hall–Kier alpha value is -0.933. The van der Waals surface area contributed by atoms with E-state index in [9.17, 15) is 0 Å². The molecule has 1 atom stereocenters. The molecular formula is C14H21ClN2Si. The van der Waals surface area contributed by atoms with E-state index in [1.54, 1.807) is 0 Å². The number of hydrogen-bond donors (Lipinski definition) is 2. The zero-order valence-corrected chi connectivity index (χ0v) is 12.8. The molecular weight excluding hydrogens is 260 g/mol. The van der Waals surface area contributed by atoms with Gasteiger partial charge in [0.15, 0.2) is 0 Å². The van der Waals surface area contributed by atoms with Gasteiger partial charge in [-0.15, -0.1) is 0 Å². The van der Waals surface area contributed by atoms with Gasteiger partial charge in [-0.05, 0) is 30.5 Å². The largest absolute Gasteiger partial charge is 0.386 e. The number of nitrogens with one attached hydrogen (secondary N) is 1. The standard InChI is InChI=1S/C14H21ClN2Si/c1-18(2,13-5-3-4-12(15)9-13)7-6-11-8-14(16)17-10-11/h3-5,8-9,11,17H,6-7,10,16H2,1-2H3/t11-/m0/s1. The normalized spacial score (nSPS) is 19.5. The number of rotatable bonds is 4. The maximum Gasteiger partial charge on any atom is 0.0922 e. The van der Waals surface area contributed by atoms with Gasteiger partial charge < -0.3 is 11.1 Å². The molecule has 0 radical (unpaired) electrons. The first-order valence-corrected chi connectivity index (χ1v) is 10.0. The van der Waals surface area contributed by atoms with Crippen LogP contribution in [-0.4, -0.2) is 14.6 Å². The molecule has 2 rings (SSSR count). The minimum absolute atomic E-state index is 0.593. The molecule has 0 aromatic heterocycles. The van der Waals surface area contributed by atoms with Gasteiger partial charge in [0.05, 0.1) is 13.9 Å². The van der Waals surface area contributed by atoms with Crippen LogP contribution in [0.4, 0.5) is 0 Å². The van der Waals surface area contributed by atoms with Gasteiger partial charge in [-0.2, -0.15) is 0 Å². The average molecular weight is 281 g/mol. The molecule has 1 aromatic rings. The van der Waals surface area contributed by atoms with Gasteiger partial charge in [0.25, 0.3) is 0 Å². The number of hydrogen-bond acceptors (Lipinski definition) is 2. The summed E-state index contributed by atoms with van der Waals surface area (Å²) in [5, 5.41) is 5.48. The zero-order chi connectivity index (χ0) is 13.2. The predicted octanol–water partition coefficient (Wildman–Crippen LogP) is 2.67. The summed E-state index contributed by atoms with van der Waals surface area (Å²) in [6, 6.07) is 9.62. The second kappa shape index (κ2) is 5.37. The van der Waals surface area contributed by atoms with Gasteiger partial charge in [-0.25, -0.2) is 0 Å². The van der Waals surface area contributed by atoms with Crippen LogP contribution in [-0.2, 0) is 0 Å². The molecule has 4 heteroatoms. The Morgan fingerprint density at radius 3 is 2.83 bits per heavy atom. The average Bonchev–Trinajstić information content (AvgIpc) is 2.73. The maximum absolute atomic E-state index is 6.08. The van der Waals surface area contributed by atoms with Crippen LogP contribution in [0.15, 0.2) is 36.2 Å². The van der Waals surface area contributed by atoms with E-state index in [-0.39, 0.29) is 0 Å². The molecule has 3 N–H and O–H groups in total. The molecule has 0 unspecified atom stereocenters. The van der Waals surface area contributed by atoms with Crippen molar-refractivity contribution in [2.45, 2.75) is 25.6 Å². The van der Waals surface area contributed by atoms with E-state index < -0.39 is 8.07 Å². The molecule has 1 aliphatic rings. The highest BCUT2D eigenvalue weighted by Crippen LogP contribution is 2.21. The summed E-state index contributed by atoms with van der Waals surface area (Å²) in [4.78, 5) is 0. The highest BCUT2D eigenvalue weighted by Gasteiger charge is 2.25. The first-order chi connectivity index (χ1) is 8.47. The number of nitrogens with two attached hydrogens (primary N) is 1. The molecule has 0 saturated heterocycles. The fourth-order valence-corrected chi connectivity index (χ4v) is 5.16. The molecule has 0 aliphatic carbocycles. The molecule has 98 valence electrons. The number of benzene rings is 1. The maximum atomic E-state index is 6.08. The van der Waals surface area contributed by atoms with E-state index in [0.29, 0.717) is 5.92 Å². The Labute approximate surface area is 115 Å². The first kappa shape index (κ1) is 13.5. The Morgan fingerprint density at radius 1 is 1.44 bits per heavy atom. The van der Waals surface area contributed by atoms with Crippen molar-refractivity contribution in [2.75, 3.05) is 6.54 Å². The van der Waals surface area contributed by atoms with Gasteiger partial charge in [-0.1, -0.05) is 48.1 Å². The Kier molecular flexibility index (Phi) is 4.03. The quantitative estimate of drug-likeness (QED) is 0.832. The predicted molar refractivity (Wildman–Crippen MR) is 81.8 cm³/mol. The lowest BCUT2D eigenvalue weighted by molar-refractivity contribution is 0.626. The highest BCUT2D eigenvalue weighted by atomic mass is 35.5. The zero-order valence-electron chi connectivity index (χ0n) is 11.0. The Balaban J connectivity index is 1.99. The van der Waals surface area contributed by atoms with E-state index >= 15 is 0 Å². The van der Waals surface area contributed by atoms with Gasteiger partial charge in [0.1, 0.15) is 0 Å². The third-order valence-corrected chi connectivity index (χ3v) is 7.38. The van der Waals surface area contributed by atoms with Crippen molar-refractivity contribution in [1.29, 1.82) is 0 Å². The second-order valence-corrected chi connectivity index (χ2v) is 11.0. The molecule has 0 spiro atoms. The molecule has 1 heterocycles. The van der Waals surface area contributed by atoms with E-state index in [4.69, 9.17) is 17.3 Å². The minimum Gasteiger partial charge on any atom is -0.386 e. The lowest BCUT2D eigenvalue weighted by atomic mass is 10.1. The molecule has 1 aromatic carbocycles. The van der Waals surface area contributed by atoms with Crippen LogP contribution in [0.25, 0.3) is 0 Å². The van der Waals surface area contributed by atoms with Crippen molar-refractivity contribution in [3.63, 3.8) is 0 Å². The summed E-state index contributed by atoms with van der Waals surface area (Å²) >= 11 is 6.08. The van der Waals surface area contributed by atoms with Crippen molar-refractivity contribution >= 4 is 24.9 Å². The summed E-state index contributed by atoms with van der Waals surface area (Å²) in [6.07, 6.45) is 3.36. The Morgan fingerprint density at radius 2 is 2.22 bits per heavy atom. The van der Waals surface area contributed by atoms with Gasteiger partial charge in [0, 0.05) is 11.6 Å². The third kappa shape index (κ3) is 3.30. The smallest absolute Gasteiger partial charge is 0.0922 e. The third-order valence-electron chi connectivity index (χ3n) is 3.73. The summed E-state index contributed by atoms with van der Waals surface area (Å²) < 4.78 is 0.